The fourth-order valence-corrected chi connectivity index (χ4v) is 2.99. The molecule has 1 aliphatic carbocycles. The first kappa shape index (κ1) is 20.5. The van der Waals surface area contributed by atoms with E-state index in [1.54, 1.807) is 31.2 Å². The second-order valence-corrected chi connectivity index (χ2v) is 6.77. The van der Waals surface area contributed by atoms with Crippen molar-refractivity contribution < 1.29 is 14.8 Å². The maximum Gasteiger partial charge on any atom is 0.267 e. The standard InChI is InChI=1S/C21H25N3O3/c1-15(22)19(21(26)24-27)23-20(25)18-13-11-17(12-14-18)8-4-2-3-7-16-9-5-6-10-16/h11-16,19,27H,5-7,9-10,22H2,1H3,(H,23,25)(H,24,26)/t15-,19+/m1/s1. The molecule has 2 rings (SSSR count). The molecule has 2 atom stereocenters. The van der Waals surface area contributed by atoms with Gasteiger partial charge in [0, 0.05) is 23.6 Å². The molecule has 1 saturated carbocycles. The van der Waals surface area contributed by atoms with Gasteiger partial charge in [0.15, 0.2) is 0 Å². The van der Waals surface area contributed by atoms with E-state index in [0.29, 0.717) is 5.56 Å². The van der Waals surface area contributed by atoms with Gasteiger partial charge >= 0.3 is 0 Å². The number of hydrogen-bond acceptors (Lipinski definition) is 4. The molecule has 0 heterocycles. The lowest BCUT2D eigenvalue weighted by Gasteiger charge is -2.19. The van der Waals surface area contributed by atoms with E-state index in [2.05, 4.69) is 29.0 Å². The molecule has 27 heavy (non-hydrogen) atoms. The molecule has 0 spiro atoms. The molecule has 6 heteroatoms. The first-order valence-electron chi connectivity index (χ1n) is 9.10. The second kappa shape index (κ2) is 10.4. The number of carbonyl (C=O) groups excluding carboxylic acids is 2. The Bertz CT molecular complexity index is 773. The summed E-state index contributed by atoms with van der Waals surface area (Å²) in [6.45, 7) is 1.56. The lowest BCUT2D eigenvalue weighted by atomic mass is 10.1. The molecule has 1 fully saturated rings. The van der Waals surface area contributed by atoms with Gasteiger partial charge in [-0.15, -0.1) is 0 Å². The number of carbonyl (C=O) groups is 2. The van der Waals surface area contributed by atoms with Gasteiger partial charge in [0.1, 0.15) is 6.04 Å². The number of nitrogens with two attached hydrogens (primary N) is 1. The average Bonchev–Trinajstić information content (AvgIpc) is 3.18. The van der Waals surface area contributed by atoms with E-state index < -0.39 is 23.9 Å². The summed E-state index contributed by atoms with van der Waals surface area (Å²) in [5.74, 6) is 11.3. The zero-order chi connectivity index (χ0) is 19.6. The van der Waals surface area contributed by atoms with Crippen LogP contribution in [0.3, 0.4) is 0 Å². The number of hydroxylamine groups is 1. The number of nitrogens with one attached hydrogen (secondary N) is 2. The molecule has 2 amide bonds. The zero-order valence-electron chi connectivity index (χ0n) is 15.4. The normalized spacial score (nSPS) is 15.5. The van der Waals surface area contributed by atoms with Gasteiger partial charge in [-0.05, 0) is 61.8 Å². The summed E-state index contributed by atoms with van der Waals surface area (Å²) < 4.78 is 0. The Hall–Kier alpha value is -2.80. The van der Waals surface area contributed by atoms with Crippen LogP contribution in [0.4, 0.5) is 0 Å². The average molecular weight is 367 g/mol. The molecule has 0 aliphatic heterocycles. The second-order valence-electron chi connectivity index (χ2n) is 6.77. The van der Waals surface area contributed by atoms with Crippen molar-refractivity contribution in [3.63, 3.8) is 0 Å². The van der Waals surface area contributed by atoms with Crippen LogP contribution in [0.2, 0.25) is 0 Å². The van der Waals surface area contributed by atoms with Crippen LogP contribution >= 0.6 is 0 Å². The molecule has 142 valence electrons. The maximum absolute atomic E-state index is 12.2. The Balaban J connectivity index is 1.92. The SMILES string of the molecule is C[C@@H](N)[C@H](NC(=O)c1ccc(C#CC#CCC2CCCC2)cc1)C(=O)NO. The fraction of sp³-hybridized carbons (Fsp3) is 0.429. The molecule has 5 N–H and O–H groups in total. The third-order valence-corrected chi connectivity index (χ3v) is 4.58. The van der Waals surface area contributed by atoms with Crippen molar-refractivity contribution in [2.45, 2.75) is 51.1 Å². The van der Waals surface area contributed by atoms with Crippen molar-refractivity contribution in [2.24, 2.45) is 11.7 Å². The van der Waals surface area contributed by atoms with Gasteiger partial charge in [-0.2, -0.15) is 0 Å². The van der Waals surface area contributed by atoms with E-state index in [1.807, 2.05) is 0 Å². The molecule has 1 aromatic carbocycles. The summed E-state index contributed by atoms with van der Waals surface area (Å²) in [4.78, 5) is 23.8. The quantitative estimate of drug-likeness (QED) is 0.360. The van der Waals surface area contributed by atoms with Gasteiger partial charge in [0.2, 0.25) is 0 Å². The van der Waals surface area contributed by atoms with Crippen molar-refractivity contribution in [2.75, 3.05) is 0 Å². The molecular weight excluding hydrogens is 342 g/mol. The summed E-state index contributed by atoms with van der Waals surface area (Å²) in [5.41, 5.74) is 8.28. The third kappa shape index (κ3) is 6.45. The molecule has 0 bridgehead atoms. The number of benzene rings is 1. The van der Waals surface area contributed by atoms with Crippen LogP contribution in [0.5, 0.6) is 0 Å². The first-order chi connectivity index (χ1) is 13.0. The highest BCUT2D eigenvalue weighted by Crippen LogP contribution is 2.26. The van der Waals surface area contributed by atoms with Gasteiger partial charge in [-0.25, -0.2) is 5.48 Å². The van der Waals surface area contributed by atoms with E-state index in [1.165, 1.54) is 31.2 Å². The van der Waals surface area contributed by atoms with Gasteiger partial charge in [-0.3, -0.25) is 14.8 Å². The van der Waals surface area contributed by atoms with Gasteiger partial charge in [0.05, 0.1) is 0 Å². The molecule has 0 aromatic heterocycles. The van der Waals surface area contributed by atoms with Gasteiger partial charge in [-0.1, -0.05) is 24.7 Å². The predicted molar refractivity (Wildman–Crippen MR) is 103 cm³/mol. The van der Waals surface area contributed by atoms with Crippen molar-refractivity contribution in [3.05, 3.63) is 35.4 Å². The Morgan fingerprint density at radius 1 is 1.22 bits per heavy atom. The van der Waals surface area contributed by atoms with Crippen molar-refractivity contribution >= 4 is 11.8 Å². The van der Waals surface area contributed by atoms with Crippen LogP contribution in [0, 0.1) is 29.6 Å². The van der Waals surface area contributed by atoms with E-state index in [4.69, 9.17) is 10.9 Å². The minimum atomic E-state index is -1.03. The third-order valence-electron chi connectivity index (χ3n) is 4.58. The number of hydrogen-bond donors (Lipinski definition) is 4. The minimum Gasteiger partial charge on any atom is -0.339 e. The number of rotatable bonds is 5. The van der Waals surface area contributed by atoms with Gasteiger partial charge < -0.3 is 11.1 Å². The van der Waals surface area contributed by atoms with Crippen molar-refractivity contribution in [3.8, 4) is 23.7 Å². The Morgan fingerprint density at radius 2 is 1.89 bits per heavy atom. The monoisotopic (exact) mass is 367 g/mol. The number of amides is 2. The lowest BCUT2D eigenvalue weighted by Crippen LogP contribution is -2.54. The van der Waals surface area contributed by atoms with Crippen molar-refractivity contribution in [1.29, 1.82) is 0 Å². The fourth-order valence-electron chi connectivity index (χ4n) is 2.99. The Kier molecular flexibility index (Phi) is 7.88. The summed E-state index contributed by atoms with van der Waals surface area (Å²) >= 11 is 0. The molecular formula is C21H25N3O3. The molecule has 0 radical (unpaired) electrons. The summed E-state index contributed by atoms with van der Waals surface area (Å²) in [6.07, 6.45) is 6.09. The van der Waals surface area contributed by atoms with Crippen LogP contribution < -0.4 is 16.5 Å². The van der Waals surface area contributed by atoms with Crippen LogP contribution in [-0.2, 0) is 4.79 Å². The predicted octanol–water partition coefficient (Wildman–Crippen LogP) is 1.57. The lowest BCUT2D eigenvalue weighted by molar-refractivity contribution is -0.131. The molecule has 1 aromatic rings. The smallest absolute Gasteiger partial charge is 0.267 e. The molecule has 6 nitrogen and oxygen atoms in total. The largest absolute Gasteiger partial charge is 0.339 e. The highest BCUT2D eigenvalue weighted by Gasteiger charge is 2.24. The van der Waals surface area contributed by atoms with E-state index in [-0.39, 0.29) is 0 Å². The maximum atomic E-state index is 12.2. The van der Waals surface area contributed by atoms with E-state index >= 15 is 0 Å². The highest BCUT2D eigenvalue weighted by molar-refractivity contribution is 5.97. The Labute approximate surface area is 159 Å². The molecule has 0 saturated heterocycles. The highest BCUT2D eigenvalue weighted by atomic mass is 16.5. The van der Waals surface area contributed by atoms with E-state index in [9.17, 15) is 9.59 Å². The van der Waals surface area contributed by atoms with Gasteiger partial charge in [0.25, 0.3) is 11.8 Å². The summed E-state index contributed by atoms with van der Waals surface area (Å²) in [6, 6.07) is 4.97. The summed E-state index contributed by atoms with van der Waals surface area (Å²) in [7, 11) is 0. The minimum absolute atomic E-state index is 0.365. The summed E-state index contributed by atoms with van der Waals surface area (Å²) in [5, 5.41) is 11.2. The van der Waals surface area contributed by atoms with Crippen LogP contribution in [0.1, 0.15) is 54.9 Å². The Morgan fingerprint density at radius 3 is 2.48 bits per heavy atom. The first-order valence-corrected chi connectivity index (χ1v) is 9.10. The van der Waals surface area contributed by atoms with Crippen LogP contribution in [0.15, 0.2) is 24.3 Å². The van der Waals surface area contributed by atoms with Crippen LogP contribution in [-0.4, -0.2) is 29.1 Å². The van der Waals surface area contributed by atoms with Crippen LogP contribution in [0.25, 0.3) is 0 Å². The zero-order valence-corrected chi connectivity index (χ0v) is 15.4. The van der Waals surface area contributed by atoms with E-state index in [0.717, 1.165) is 17.9 Å². The van der Waals surface area contributed by atoms with Crippen molar-refractivity contribution in [1.82, 2.24) is 10.8 Å². The topological polar surface area (TPSA) is 104 Å². The molecule has 0 unspecified atom stereocenters. The molecule has 1 aliphatic rings.